The third-order valence-corrected chi connectivity index (χ3v) is 2.41. The number of rotatable bonds is 5. The van der Waals surface area contributed by atoms with Crippen molar-refractivity contribution >= 4 is 0 Å². The Morgan fingerprint density at radius 2 is 2.00 bits per heavy atom. The number of hydrogen-bond donors (Lipinski definition) is 0. The summed E-state index contributed by atoms with van der Waals surface area (Å²) in [5.74, 6) is 0. The summed E-state index contributed by atoms with van der Waals surface area (Å²) in [5.41, 5.74) is 0.483. The van der Waals surface area contributed by atoms with Gasteiger partial charge in [0.1, 0.15) is 0 Å². The van der Waals surface area contributed by atoms with Gasteiger partial charge in [0.15, 0.2) is 0 Å². The monoisotopic (exact) mass is 155 g/mol. The maximum Gasteiger partial charge on any atom is 0.0174 e. The van der Waals surface area contributed by atoms with Crippen molar-refractivity contribution in [2.45, 2.75) is 33.6 Å². The van der Waals surface area contributed by atoms with Gasteiger partial charge >= 0.3 is 0 Å². The van der Waals surface area contributed by atoms with E-state index in [9.17, 15) is 0 Å². The van der Waals surface area contributed by atoms with E-state index in [4.69, 9.17) is 0 Å². The Kier molecular flexibility index (Phi) is 4.24. The van der Waals surface area contributed by atoms with Crippen LogP contribution in [0, 0.1) is 5.41 Å². The summed E-state index contributed by atoms with van der Waals surface area (Å²) in [6.45, 7) is 11.7. The SMILES string of the molecule is C=CN(C)CCC(C)(C)CC. The summed E-state index contributed by atoms with van der Waals surface area (Å²) in [4.78, 5) is 2.14. The Hall–Kier alpha value is -0.460. The molecule has 0 unspecified atom stereocenters. The van der Waals surface area contributed by atoms with Gasteiger partial charge in [0.2, 0.25) is 0 Å². The highest BCUT2D eigenvalue weighted by Crippen LogP contribution is 2.24. The highest BCUT2D eigenvalue weighted by molar-refractivity contribution is 4.72. The van der Waals surface area contributed by atoms with Gasteiger partial charge in [-0.2, -0.15) is 0 Å². The Morgan fingerprint density at radius 3 is 2.36 bits per heavy atom. The Bertz CT molecular complexity index is 116. The molecule has 0 aromatic heterocycles. The van der Waals surface area contributed by atoms with Crippen LogP contribution in [0.15, 0.2) is 12.8 Å². The quantitative estimate of drug-likeness (QED) is 0.590. The minimum absolute atomic E-state index is 0.483. The van der Waals surface area contributed by atoms with E-state index in [2.05, 4.69) is 39.3 Å². The van der Waals surface area contributed by atoms with Crippen LogP contribution in [0.5, 0.6) is 0 Å². The fourth-order valence-electron chi connectivity index (χ4n) is 0.747. The van der Waals surface area contributed by atoms with Crippen LogP contribution in [0.3, 0.4) is 0 Å². The van der Waals surface area contributed by atoms with Gasteiger partial charge < -0.3 is 4.90 Å². The van der Waals surface area contributed by atoms with Gasteiger partial charge in [-0.3, -0.25) is 0 Å². The molecular weight excluding hydrogens is 134 g/mol. The highest BCUT2D eigenvalue weighted by Gasteiger charge is 2.14. The fraction of sp³-hybridized carbons (Fsp3) is 0.800. The highest BCUT2D eigenvalue weighted by atomic mass is 15.1. The molecule has 0 saturated heterocycles. The van der Waals surface area contributed by atoms with Crippen molar-refractivity contribution in [1.82, 2.24) is 4.90 Å². The molecule has 0 aromatic carbocycles. The van der Waals surface area contributed by atoms with Crippen molar-refractivity contribution < 1.29 is 0 Å². The number of nitrogens with zero attached hydrogens (tertiary/aromatic N) is 1. The van der Waals surface area contributed by atoms with Crippen LogP contribution in [0.4, 0.5) is 0 Å². The first-order valence-corrected chi connectivity index (χ1v) is 4.34. The second-order valence-electron chi connectivity index (χ2n) is 3.93. The van der Waals surface area contributed by atoms with Gasteiger partial charge in [-0.1, -0.05) is 33.8 Å². The molecule has 0 bridgehead atoms. The summed E-state index contributed by atoms with van der Waals surface area (Å²) in [5, 5.41) is 0. The first kappa shape index (κ1) is 10.5. The van der Waals surface area contributed by atoms with Crippen molar-refractivity contribution in [3.05, 3.63) is 12.8 Å². The topological polar surface area (TPSA) is 3.24 Å². The molecule has 0 aliphatic carbocycles. The van der Waals surface area contributed by atoms with E-state index in [0.717, 1.165) is 6.54 Å². The van der Waals surface area contributed by atoms with Crippen molar-refractivity contribution in [2.24, 2.45) is 5.41 Å². The molecule has 1 nitrogen and oxygen atoms in total. The van der Waals surface area contributed by atoms with E-state index in [-0.39, 0.29) is 0 Å². The second kappa shape index (κ2) is 4.42. The van der Waals surface area contributed by atoms with E-state index in [1.807, 2.05) is 6.20 Å². The molecule has 0 amide bonds. The van der Waals surface area contributed by atoms with Crippen molar-refractivity contribution in [2.75, 3.05) is 13.6 Å². The summed E-state index contributed by atoms with van der Waals surface area (Å²) in [7, 11) is 2.07. The molecular formula is C10H21N. The summed E-state index contributed by atoms with van der Waals surface area (Å²) < 4.78 is 0. The van der Waals surface area contributed by atoms with Gasteiger partial charge in [0.05, 0.1) is 0 Å². The van der Waals surface area contributed by atoms with Gasteiger partial charge in [-0.15, -0.1) is 0 Å². The minimum Gasteiger partial charge on any atom is -0.381 e. The molecule has 11 heavy (non-hydrogen) atoms. The molecule has 1 heteroatoms. The zero-order chi connectivity index (χ0) is 8.91. The van der Waals surface area contributed by atoms with Crippen LogP contribution in [-0.2, 0) is 0 Å². The lowest BCUT2D eigenvalue weighted by Crippen LogP contribution is -2.20. The summed E-state index contributed by atoms with van der Waals surface area (Å²) in [6, 6.07) is 0. The Morgan fingerprint density at radius 1 is 1.45 bits per heavy atom. The predicted molar refractivity (Wildman–Crippen MR) is 51.5 cm³/mol. The van der Waals surface area contributed by atoms with E-state index >= 15 is 0 Å². The van der Waals surface area contributed by atoms with Gasteiger partial charge in [0.25, 0.3) is 0 Å². The molecule has 0 aliphatic rings. The maximum absolute atomic E-state index is 3.71. The third-order valence-electron chi connectivity index (χ3n) is 2.41. The van der Waals surface area contributed by atoms with Crippen molar-refractivity contribution in [3.8, 4) is 0 Å². The lowest BCUT2D eigenvalue weighted by molar-refractivity contribution is 0.279. The Balaban J connectivity index is 3.60. The van der Waals surface area contributed by atoms with Crippen LogP contribution in [0.25, 0.3) is 0 Å². The molecule has 0 aliphatic heterocycles. The first-order valence-electron chi connectivity index (χ1n) is 4.34. The second-order valence-corrected chi connectivity index (χ2v) is 3.93. The van der Waals surface area contributed by atoms with Gasteiger partial charge in [-0.05, 0) is 18.0 Å². The molecule has 0 spiro atoms. The lowest BCUT2D eigenvalue weighted by atomic mass is 9.86. The smallest absolute Gasteiger partial charge is 0.0174 e. The maximum atomic E-state index is 3.71. The first-order chi connectivity index (χ1) is 5.02. The van der Waals surface area contributed by atoms with Crippen LogP contribution in [-0.4, -0.2) is 18.5 Å². The third kappa shape index (κ3) is 4.88. The average Bonchev–Trinajstić information content (AvgIpc) is 2.00. The van der Waals surface area contributed by atoms with Crippen LogP contribution in [0.2, 0.25) is 0 Å². The molecule has 0 radical (unpaired) electrons. The standard InChI is InChI=1S/C10H21N/c1-6-10(3,4)8-9-11(5)7-2/h7H,2,6,8-9H2,1,3-5H3. The van der Waals surface area contributed by atoms with Gasteiger partial charge in [0, 0.05) is 13.6 Å². The van der Waals surface area contributed by atoms with E-state index in [0.29, 0.717) is 5.41 Å². The minimum atomic E-state index is 0.483. The summed E-state index contributed by atoms with van der Waals surface area (Å²) >= 11 is 0. The van der Waals surface area contributed by atoms with Crippen LogP contribution < -0.4 is 0 Å². The van der Waals surface area contributed by atoms with Crippen molar-refractivity contribution in [3.63, 3.8) is 0 Å². The van der Waals surface area contributed by atoms with Gasteiger partial charge in [-0.25, -0.2) is 0 Å². The van der Waals surface area contributed by atoms with E-state index in [1.165, 1.54) is 12.8 Å². The van der Waals surface area contributed by atoms with E-state index in [1.54, 1.807) is 0 Å². The lowest BCUT2D eigenvalue weighted by Gasteiger charge is -2.25. The molecule has 0 fully saturated rings. The largest absolute Gasteiger partial charge is 0.381 e. The fourth-order valence-corrected chi connectivity index (χ4v) is 0.747. The normalized spacial score (nSPS) is 11.3. The van der Waals surface area contributed by atoms with Crippen LogP contribution in [0.1, 0.15) is 33.6 Å². The zero-order valence-electron chi connectivity index (χ0n) is 8.35. The molecule has 0 aromatic rings. The predicted octanol–water partition coefficient (Wildman–Crippen LogP) is 2.89. The zero-order valence-corrected chi connectivity index (χ0v) is 8.35. The molecule has 0 atom stereocenters. The van der Waals surface area contributed by atoms with E-state index < -0.39 is 0 Å². The van der Waals surface area contributed by atoms with Crippen LogP contribution >= 0.6 is 0 Å². The summed E-state index contributed by atoms with van der Waals surface area (Å²) in [6.07, 6.45) is 4.37. The molecule has 0 heterocycles. The Labute approximate surface area is 71.1 Å². The molecule has 0 saturated carbocycles. The number of hydrogen-bond acceptors (Lipinski definition) is 1. The van der Waals surface area contributed by atoms with Crippen molar-refractivity contribution in [1.29, 1.82) is 0 Å². The molecule has 0 N–H and O–H groups in total. The molecule has 0 rings (SSSR count). The molecule has 66 valence electrons. The average molecular weight is 155 g/mol.